The molecule has 0 bridgehead atoms. The number of benzene rings is 1. The van der Waals surface area contributed by atoms with Crippen LogP contribution in [0.2, 0.25) is 15.2 Å². The first-order valence-electron chi connectivity index (χ1n) is 6.24. The Balaban J connectivity index is 1.82. The smallest absolute Gasteiger partial charge is 0.271 e. The summed E-state index contributed by atoms with van der Waals surface area (Å²) in [5, 5.41) is 1.31. The Bertz CT molecular complexity index is 726. The molecule has 2 N–H and O–H groups in total. The SMILES string of the molecule is O=C(CSc1cc(Cl)ccc1Cl)NNC(=O)c1ccc(Cl)nc1. The number of hydrazine groups is 1. The quantitative estimate of drug-likeness (QED) is 0.475. The number of nitrogens with zero attached hydrogens (tertiary/aromatic N) is 1. The van der Waals surface area contributed by atoms with Gasteiger partial charge in [0, 0.05) is 16.1 Å². The maximum absolute atomic E-state index is 11.8. The molecular formula is C14H10Cl3N3O2S. The second-order valence-electron chi connectivity index (χ2n) is 4.24. The van der Waals surface area contributed by atoms with Gasteiger partial charge in [-0.05, 0) is 30.3 Å². The third kappa shape index (κ3) is 5.58. The van der Waals surface area contributed by atoms with E-state index in [1.165, 1.54) is 30.1 Å². The molecule has 0 unspecified atom stereocenters. The van der Waals surface area contributed by atoms with Crippen molar-refractivity contribution in [2.75, 3.05) is 5.75 Å². The first kappa shape index (κ1) is 17.9. The third-order valence-electron chi connectivity index (χ3n) is 2.56. The zero-order valence-electron chi connectivity index (χ0n) is 11.5. The molecule has 0 aliphatic heterocycles. The number of aromatic nitrogens is 1. The molecule has 1 aromatic carbocycles. The molecule has 0 aliphatic carbocycles. The molecule has 0 spiro atoms. The number of pyridine rings is 1. The van der Waals surface area contributed by atoms with E-state index in [2.05, 4.69) is 15.8 Å². The summed E-state index contributed by atoms with van der Waals surface area (Å²) in [6, 6.07) is 7.96. The molecule has 5 nitrogen and oxygen atoms in total. The molecule has 0 atom stereocenters. The topological polar surface area (TPSA) is 71.1 Å². The van der Waals surface area contributed by atoms with E-state index in [0.29, 0.717) is 14.9 Å². The first-order valence-corrected chi connectivity index (χ1v) is 8.36. The van der Waals surface area contributed by atoms with Crippen LogP contribution < -0.4 is 10.9 Å². The third-order valence-corrected chi connectivity index (χ3v) is 4.51. The summed E-state index contributed by atoms with van der Waals surface area (Å²) in [6.07, 6.45) is 1.31. The van der Waals surface area contributed by atoms with Crippen molar-refractivity contribution in [2.24, 2.45) is 0 Å². The zero-order valence-corrected chi connectivity index (χ0v) is 14.6. The number of thioether (sulfide) groups is 1. The summed E-state index contributed by atoms with van der Waals surface area (Å²) in [7, 11) is 0. The summed E-state index contributed by atoms with van der Waals surface area (Å²) in [6.45, 7) is 0. The van der Waals surface area contributed by atoms with Gasteiger partial charge in [0.15, 0.2) is 0 Å². The summed E-state index contributed by atoms with van der Waals surface area (Å²) in [5.41, 5.74) is 4.87. The molecule has 9 heteroatoms. The molecule has 2 aromatic rings. The monoisotopic (exact) mass is 389 g/mol. The van der Waals surface area contributed by atoms with Crippen LogP contribution >= 0.6 is 46.6 Å². The highest BCUT2D eigenvalue weighted by Crippen LogP contribution is 2.29. The van der Waals surface area contributed by atoms with E-state index in [0.717, 1.165) is 0 Å². The maximum Gasteiger partial charge on any atom is 0.271 e. The molecule has 2 amide bonds. The van der Waals surface area contributed by atoms with Crippen LogP contribution in [0.25, 0.3) is 0 Å². The van der Waals surface area contributed by atoms with Gasteiger partial charge in [-0.3, -0.25) is 20.4 Å². The minimum Gasteiger partial charge on any atom is -0.272 e. The molecule has 0 aliphatic rings. The van der Waals surface area contributed by atoms with E-state index in [9.17, 15) is 9.59 Å². The fourth-order valence-corrected chi connectivity index (χ4v) is 2.88. The van der Waals surface area contributed by atoms with Gasteiger partial charge in [0.1, 0.15) is 5.15 Å². The number of hydrogen-bond donors (Lipinski definition) is 2. The van der Waals surface area contributed by atoms with Crippen molar-refractivity contribution >= 4 is 58.4 Å². The standard InChI is InChI=1S/C14H10Cl3N3O2S/c15-9-2-3-10(16)11(5-9)23-7-13(21)19-20-14(22)8-1-4-12(17)18-6-8/h1-6H,7H2,(H,19,21)(H,20,22). The Morgan fingerprint density at radius 3 is 2.57 bits per heavy atom. The van der Waals surface area contributed by atoms with Gasteiger partial charge in [-0.15, -0.1) is 11.8 Å². The van der Waals surface area contributed by atoms with Crippen molar-refractivity contribution in [3.8, 4) is 0 Å². The van der Waals surface area contributed by atoms with Gasteiger partial charge in [0.05, 0.1) is 16.3 Å². The Hall–Kier alpha value is -1.47. The number of halogens is 3. The highest BCUT2D eigenvalue weighted by molar-refractivity contribution is 8.00. The number of rotatable bonds is 4. The normalized spacial score (nSPS) is 10.2. The minimum atomic E-state index is -0.492. The summed E-state index contributed by atoms with van der Waals surface area (Å²) < 4.78 is 0. The van der Waals surface area contributed by atoms with Crippen LogP contribution in [0.1, 0.15) is 10.4 Å². The predicted molar refractivity (Wildman–Crippen MR) is 92.0 cm³/mol. The summed E-state index contributed by atoms with van der Waals surface area (Å²) in [4.78, 5) is 28.0. The molecule has 1 aromatic heterocycles. The molecule has 0 fully saturated rings. The van der Waals surface area contributed by atoms with Crippen LogP contribution in [0.15, 0.2) is 41.4 Å². The molecular weight excluding hydrogens is 381 g/mol. The van der Waals surface area contributed by atoms with Crippen LogP contribution in [0.5, 0.6) is 0 Å². The van der Waals surface area contributed by atoms with E-state index in [4.69, 9.17) is 34.8 Å². The van der Waals surface area contributed by atoms with Crippen molar-refractivity contribution < 1.29 is 9.59 Å². The highest BCUT2D eigenvalue weighted by Gasteiger charge is 2.09. The Labute approximate surface area is 151 Å². The molecule has 0 saturated carbocycles. The van der Waals surface area contributed by atoms with Gasteiger partial charge in [-0.1, -0.05) is 34.8 Å². The van der Waals surface area contributed by atoms with Gasteiger partial charge in [-0.25, -0.2) is 4.98 Å². The van der Waals surface area contributed by atoms with Gasteiger partial charge >= 0.3 is 0 Å². The summed E-state index contributed by atoms with van der Waals surface area (Å²) >= 11 is 18.7. The zero-order chi connectivity index (χ0) is 16.8. The van der Waals surface area contributed by atoms with Gasteiger partial charge in [-0.2, -0.15) is 0 Å². The average molecular weight is 391 g/mol. The minimum absolute atomic E-state index is 0.0687. The van der Waals surface area contributed by atoms with Crippen molar-refractivity contribution in [1.82, 2.24) is 15.8 Å². The number of hydrogen-bond acceptors (Lipinski definition) is 4. The van der Waals surface area contributed by atoms with Gasteiger partial charge in [0.25, 0.3) is 5.91 Å². The predicted octanol–water partition coefficient (Wildman–Crippen LogP) is 3.60. The fraction of sp³-hybridized carbons (Fsp3) is 0.0714. The van der Waals surface area contributed by atoms with E-state index in [1.54, 1.807) is 18.2 Å². The molecule has 2 rings (SSSR count). The molecule has 0 saturated heterocycles. The largest absolute Gasteiger partial charge is 0.272 e. The molecule has 0 radical (unpaired) electrons. The number of nitrogens with one attached hydrogen (secondary N) is 2. The lowest BCUT2D eigenvalue weighted by Gasteiger charge is -2.08. The number of carbonyl (C=O) groups excluding carboxylic acids is 2. The van der Waals surface area contributed by atoms with Crippen LogP contribution in [-0.2, 0) is 4.79 Å². The van der Waals surface area contributed by atoms with Crippen molar-refractivity contribution in [2.45, 2.75) is 4.90 Å². The van der Waals surface area contributed by atoms with Gasteiger partial charge in [0.2, 0.25) is 5.91 Å². The average Bonchev–Trinajstić information content (AvgIpc) is 2.54. The fourth-order valence-electron chi connectivity index (χ4n) is 1.48. The second kappa shape index (κ2) is 8.40. The highest BCUT2D eigenvalue weighted by atomic mass is 35.5. The van der Waals surface area contributed by atoms with E-state index < -0.39 is 5.91 Å². The van der Waals surface area contributed by atoms with Crippen LogP contribution in [0.4, 0.5) is 0 Å². The lowest BCUT2D eigenvalue weighted by molar-refractivity contribution is -0.119. The molecule has 23 heavy (non-hydrogen) atoms. The lowest BCUT2D eigenvalue weighted by Crippen LogP contribution is -2.42. The van der Waals surface area contributed by atoms with Crippen molar-refractivity contribution in [1.29, 1.82) is 0 Å². The number of carbonyl (C=O) groups is 2. The lowest BCUT2D eigenvalue weighted by atomic mass is 10.3. The van der Waals surface area contributed by atoms with Crippen LogP contribution in [0.3, 0.4) is 0 Å². The molecule has 120 valence electrons. The van der Waals surface area contributed by atoms with Crippen molar-refractivity contribution in [3.05, 3.63) is 57.3 Å². The van der Waals surface area contributed by atoms with E-state index >= 15 is 0 Å². The van der Waals surface area contributed by atoms with E-state index in [1.807, 2.05) is 0 Å². The summed E-state index contributed by atoms with van der Waals surface area (Å²) in [5.74, 6) is -0.811. The Morgan fingerprint density at radius 2 is 1.87 bits per heavy atom. The Morgan fingerprint density at radius 1 is 1.09 bits per heavy atom. The van der Waals surface area contributed by atoms with E-state index in [-0.39, 0.29) is 22.4 Å². The first-order chi connectivity index (χ1) is 11.0. The number of amides is 2. The second-order valence-corrected chi connectivity index (χ2v) is 6.48. The Kier molecular flexibility index (Phi) is 6.53. The molecule has 1 heterocycles. The van der Waals surface area contributed by atoms with Gasteiger partial charge < -0.3 is 0 Å². The van der Waals surface area contributed by atoms with Crippen molar-refractivity contribution in [3.63, 3.8) is 0 Å². The van der Waals surface area contributed by atoms with Crippen LogP contribution in [0, 0.1) is 0 Å². The van der Waals surface area contributed by atoms with Crippen LogP contribution in [-0.4, -0.2) is 22.6 Å². The maximum atomic E-state index is 11.8.